The third-order valence-electron chi connectivity index (χ3n) is 2.68. The van der Waals surface area contributed by atoms with Crippen molar-refractivity contribution >= 4 is 17.1 Å². The van der Waals surface area contributed by atoms with Crippen molar-refractivity contribution in [2.75, 3.05) is 18.2 Å². The molecule has 0 aliphatic heterocycles. The molecule has 0 fully saturated rings. The summed E-state index contributed by atoms with van der Waals surface area (Å²) in [6, 6.07) is 11.4. The van der Waals surface area contributed by atoms with Crippen molar-refractivity contribution in [2.24, 2.45) is 0 Å². The molecule has 2 rings (SSSR count). The van der Waals surface area contributed by atoms with E-state index < -0.39 is 5.82 Å². The van der Waals surface area contributed by atoms with Crippen molar-refractivity contribution in [1.82, 2.24) is 0 Å². The predicted octanol–water partition coefficient (Wildman–Crippen LogP) is 3.03. The van der Waals surface area contributed by atoms with Crippen LogP contribution in [0.4, 0.5) is 21.5 Å². The fourth-order valence-corrected chi connectivity index (χ4v) is 1.72. The summed E-state index contributed by atoms with van der Waals surface area (Å²) < 4.78 is 18.6. The summed E-state index contributed by atoms with van der Waals surface area (Å²) in [6.45, 7) is 0. The molecule has 19 heavy (non-hydrogen) atoms. The van der Waals surface area contributed by atoms with Gasteiger partial charge in [-0.05, 0) is 24.3 Å². The largest absolute Gasteiger partial charge is 0.495 e. The molecule has 5 heteroatoms. The van der Waals surface area contributed by atoms with Crippen LogP contribution in [0.3, 0.4) is 0 Å². The lowest BCUT2D eigenvalue weighted by molar-refractivity contribution is 0.417. The first-order chi connectivity index (χ1) is 9.17. The first-order valence-corrected chi connectivity index (χ1v) is 5.55. The fraction of sp³-hybridized carbons (Fsp3) is 0.0714. The zero-order valence-corrected chi connectivity index (χ0v) is 10.3. The van der Waals surface area contributed by atoms with E-state index in [0.717, 1.165) is 0 Å². The van der Waals surface area contributed by atoms with Gasteiger partial charge in [-0.25, -0.2) is 4.39 Å². The van der Waals surface area contributed by atoms with Gasteiger partial charge in [0.1, 0.15) is 23.2 Å². The number of rotatable bonds is 3. The molecule has 0 aliphatic rings. The van der Waals surface area contributed by atoms with Crippen molar-refractivity contribution in [3.05, 3.63) is 47.8 Å². The average molecular weight is 257 g/mol. The number of hydrogen-bond acceptors (Lipinski definition) is 4. The number of hydrogen-bond donors (Lipinski definition) is 2. The molecule has 4 nitrogen and oxygen atoms in total. The Morgan fingerprint density at radius 1 is 1.21 bits per heavy atom. The lowest BCUT2D eigenvalue weighted by Gasteiger charge is -2.13. The van der Waals surface area contributed by atoms with E-state index in [0.29, 0.717) is 22.8 Å². The quantitative estimate of drug-likeness (QED) is 0.829. The van der Waals surface area contributed by atoms with Crippen LogP contribution in [0.5, 0.6) is 5.75 Å². The Kier molecular flexibility index (Phi) is 3.53. The highest BCUT2D eigenvalue weighted by atomic mass is 19.1. The second-order valence-electron chi connectivity index (χ2n) is 3.82. The van der Waals surface area contributed by atoms with E-state index in [-0.39, 0.29) is 5.56 Å². The number of ether oxygens (including phenoxy) is 1. The Balaban J connectivity index is 2.43. The molecule has 3 N–H and O–H groups in total. The molecule has 2 aromatic carbocycles. The van der Waals surface area contributed by atoms with Gasteiger partial charge in [0.25, 0.3) is 0 Å². The predicted molar refractivity (Wildman–Crippen MR) is 71.8 cm³/mol. The Hall–Kier alpha value is -2.74. The Morgan fingerprint density at radius 3 is 2.58 bits per heavy atom. The van der Waals surface area contributed by atoms with Gasteiger partial charge in [-0.3, -0.25) is 0 Å². The van der Waals surface area contributed by atoms with Crippen LogP contribution < -0.4 is 15.8 Å². The minimum atomic E-state index is -0.575. The van der Waals surface area contributed by atoms with Crippen molar-refractivity contribution in [3.63, 3.8) is 0 Å². The van der Waals surface area contributed by atoms with Gasteiger partial charge in [-0.1, -0.05) is 12.1 Å². The number of nitrogen functional groups attached to an aromatic ring is 1. The number of nitrogens with two attached hydrogens (primary N) is 1. The smallest absolute Gasteiger partial charge is 0.143 e. The highest BCUT2D eigenvalue weighted by Gasteiger charge is 2.10. The summed E-state index contributed by atoms with van der Waals surface area (Å²) in [5, 5.41) is 11.9. The van der Waals surface area contributed by atoms with Gasteiger partial charge >= 0.3 is 0 Å². The normalized spacial score (nSPS) is 9.74. The number of nitrogens with zero attached hydrogens (tertiary/aromatic N) is 1. The summed E-state index contributed by atoms with van der Waals surface area (Å²) in [5.41, 5.74) is 7.18. The maximum atomic E-state index is 13.5. The van der Waals surface area contributed by atoms with Crippen LogP contribution in [0.1, 0.15) is 5.56 Å². The van der Waals surface area contributed by atoms with Gasteiger partial charge in [0.15, 0.2) is 0 Å². The highest BCUT2D eigenvalue weighted by molar-refractivity contribution is 5.79. The van der Waals surface area contributed by atoms with Crippen molar-refractivity contribution in [2.45, 2.75) is 0 Å². The molecular weight excluding hydrogens is 245 g/mol. The number of nitriles is 1. The molecule has 0 bridgehead atoms. The zero-order valence-electron chi connectivity index (χ0n) is 10.3. The van der Waals surface area contributed by atoms with Gasteiger partial charge in [0, 0.05) is 0 Å². The third-order valence-corrected chi connectivity index (χ3v) is 2.68. The van der Waals surface area contributed by atoms with E-state index in [4.69, 9.17) is 15.7 Å². The molecule has 0 atom stereocenters. The number of benzene rings is 2. The van der Waals surface area contributed by atoms with Gasteiger partial charge in [0.2, 0.25) is 0 Å². The molecule has 96 valence electrons. The molecule has 0 heterocycles. The number of methoxy groups -OCH3 is 1. The van der Waals surface area contributed by atoms with Crippen LogP contribution in [-0.4, -0.2) is 7.11 Å². The molecule has 0 aromatic heterocycles. The van der Waals surface area contributed by atoms with Gasteiger partial charge in [0.05, 0.1) is 24.2 Å². The van der Waals surface area contributed by atoms with E-state index in [2.05, 4.69) is 5.32 Å². The first kappa shape index (κ1) is 12.7. The lowest BCUT2D eigenvalue weighted by Crippen LogP contribution is -2.01. The van der Waals surface area contributed by atoms with E-state index in [1.54, 1.807) is 24.3 Å². The van der Waals surface area contributed by atoms with Crippen LogP contribution in [0.15, 0.2) is 36.4 Å². The molecule has 0 saturated carbocycles. The van der Waals surface area contributed by atoms with Crippen molar-refractivity contribution < 1.29 is 9.13 Å². The van der Waals surface area contributed by atoms with Crippen LogP contribution >= 0.6 is 0 Å². The van der Waals surface area contributed by atoms with Crippen LogP contribution in [-0.2, 0) is 0 Å². The van der Waals surface area contributed by atoms with Crippen LogP contribution in [0.2, 0.25) is 0 Å². The molecule has 2 aromatic rings. The van der Waals surface area contributed by atoms with E-state index >= 15 is 0 Å². The molecule has 0 spiro atoms. The summed E-state index contributed by atoms with van der Waals surface area (Å²) in [6.07, 6.45) is 0. The SMILES string of the molecule is COc1cccc(Nc2cccc(F)c2C#N)c1N. The van der Waals surface area contributed by atoms with Gasteiger partial charge in [-0.2, -0.15) is 5.26 Å². The maximum Gasteiger partial charge on any atom is 0.143 e. The van der Waals surface area contributed by atoms with E-state index in [1.165, 1.54) is 19.2 Å². The highest BCUT2D eigenvalue weighted by Crippen LogP contribution is 2.32. The monoisotopic (exact) mass is 257 g/mol. The second-order valence-corrected chi connectivity index (χ2v) is 3.82. The van der Waals surface area contributed by atoms with Crippen LogP contribution in [0, 0.1) is 17.1 Å². The number of nitrogens with one attached hydrogen (secondary N) is 1. The standard InChI is InChI=1S/C14H12FN3O/c1-19-13-7-3-6-12(14(13)17)18-11-5-2-4-10(15)9(11)8-16/h2-7,18H,17H2,1H3. The summed E-state index contributed by atoms with van der Waals surface area (Å²) in [5.74, 6) is -0.0612. The minimum absolute atomic E-state index is 0.0512. The summed E-state index contributed by atoms with van der Waals surface area (Å²) in [4.78, 5) is 0. The van der Waals surface area contributed by atoms with Gasteiger partial charge < -0.3 is 15.8 Å². The van der Waals surface area contributed by atoms with E-state index in [1.807, 2.05) is 6.07 Å². The molecule has 0 amide bonds. The second kappa shape index (κ2) is 5.27. The lowest BCUT2D eigenvalue weighted by atomic mass is 10.1. The third kappa shape index (κ3) is 2.43. The number of para-hydroxylation sites is 1. The Bertz CT molecular complexity index is 650. The number of halogens is 1. The van der Waals surface area contributed by atoms with E-state index in [9.17, 15) is 4.39 Å². The van der Waals surface area contributed by atoms with Crippen molar-refractivity contribution in [3.8, 4) is 11.8 Å². The Morgan fingerprint density at radius 2 is 1.89 bits per heavy atom. The maximum absolute atomic E-state index is 13.5. The summed E-state index contributed by atoms with van der Waals surface area (Å²) in [7, 11) is 1.51. The molecular formula is C14H12FN3O. The topological polar surface area (TPSA) is 71.1 Å². The first-order valence-electron chi connectivity index (χ1n) is 5.55. The minimum Gasteiger partial charge on any atom is -0.495 e. The average Bonchev–Trinajstić information content (AvgIpc) is 2.41. The Labute approximate surface area is 110 Å². The van der Waals surface area contributed by atoms with Crippen molar-refractivity contribution in [1.29, 1.82) is 5.26 Å². The fourth-order valence-electron chi connectivity index (χ4n) is 1.72. The van der Waals surface area contributed by atoms with Gasteiger partial charge in [-0.15, -0.1) is 0 Å². The number of anilines is 3. The molecule has 0 aliphatic carbocycles. The van der Waals surface area contributed by atoms with Crippen LogP contribution in [0.25, 0.3) is 0 Å². The molecule has 0 saturated heterocycles. The zero-order chi connectivity index (χ0) is 13.8. The molecule has 0 unspecified atom stereocenters. The summed E-state index contributed by atoms with van der Waals surface area (Å²) >= 11 is 0. The molecule has 0 radical (unpaired) electrons.